The van der Waals surface area contributed by atoms with Gasteiger partial charge in [-0.2, -0.15) is 0 Å². The highest BCUT2D eigenvalue weighted by molar-refractivity contribution is 5.68. The average Bonchev–Trinajstić information content (AvgIpc) is 2.94. The second kappa shape index (κ2) is 5.13. The van der Waals surface area contributed by atoms with Gasteiger partial charge >= 0.3 is 0 Å². The Morgan fingerprint density at radius 3 is 2.70 bits per heavy atom. The van der Waals surface area contributed by atoms with E-state index in [9.17, 15) is 4.39 Å². The first-order chi connectivity index (χ1) is 9.69. The van der Waals surface area contributed by atoms with Crippen LogP contribution in [0.2, 0.25) is 0 Å². The van der Waals surface area contributed by atoms with Crippen molar-refractivity contribution in [3.63, 3.8) is 0 Å². The largest absolute Gasteiger partial charge is 0.454 e. The van der Waals surface area contributed by atoms with Crippen molar-refractivity contribution in [2.75, 3.05) is 13.8 Å². The lowest BCUT2D eigenvalue weighted by atomic mass is 9.99. The molecule has 1 unspecified atom stereocenters. The van der Waals surface area contributed by atoms with E-state index >= 15 is 0 Å². The van der Waals surface area contributed by atoms with Gasteiger partial charge in [0.1, 0.15) is 5.82 Å². The van der Waals surface area contributed by atoms with E-state index in [4.69, 9.17) is 9.47 Å². The van der Waals surface area contributed by atoms with Gasteiger partial charge in [0.05, 0.1) is 0 Å². The molecule has 1 heterocycles. The molecule has 104 valence electrons. The molecule has 0 amide bonds. The number of nitrogens with one attached hydrogen (secondary N) is 1. The van der Waals surface area contributed by atoms with Crippen molar-refractivity contribution >= 4 is 0 Å². The monoisotopic (exact) mass is 273 g/mol. The van der Waals surface area contributed by atoms with Crippen LogP contribution in [0.3, 0.4) is 0 Å². The Morgan fingerprint density at radius 2 is 1.90 bits per heavy atom. The van der Waals surface area contributed by atoms with Crippen LogP contribution < -0.4 is 14.8 Å². The number of hydrogen-bond acceptors (Lipinski definition) is 3. The summed E-state index contributed by atoms with van der Waals surface area (Å²) in [7, 11) is 1.88. The topological polar surface area (TPSA) is 30.5 Å². The number of hydrogen-bond donors (Lipinski definition) is 1. The van der Waals surface area contributed by atoms with Gasteiger partial charge in [-0.1, -0.05) is 12.1 Å². The molecular weight excluding hydrogens is 257 g/mol. The SMILES string of the molecule is CNC(C)c1ccc(F)c(-c2ccc3c(c2)OCO3)c1. The first-order valence-corrected chi connectivity index (χ1v) is 6.56. The van der Waals surface area contributed by atoms with E-state index in [1.807, 2.05) is 38.2 Å². The molecule has 0 aromatic heterocycles. The van der Waals surface area contributed by atoms with E-state index in [0.29, 0.717) is 17.1 Å². The predicted octanol–water partition coefficient (Wildman–Crippen LogP) is 3.50. The summed E-state index contributed by atoms with van der Waals surface area (Å²) in [4.78, 5) is 0. The van der Waals surface area contributed by atoms with E-state index in [0.717, 1.165) is 11.1 Å². The third-order valence-electron chi connectivity index (χ3n) is 3.61. The summed E-state index contributed by atoms with van der Waals surface area (Å²) in [6, 6.07) is 10.8. The molecule has 1 atom stereocenters. The van der Waals surface area contributed by atoms with E-state index in [1.54, 1.807) is 6.07 Å². The van der Waals surface area contributed by atoms with Gasteiger partial charge in [0, 0.05) is 11.6 Å². The highest BCUT2D eigenvalue weighted by Crippen LogP contribution is 2.37. The van der Waals surface area contributed by atoms with Crippen LogP contribution in [0.5, 0.6) is 11.5 Å². The van der Waals surface area contributed by atoms with Crippen molar-refractivity contribution in [1.29, 1.82) is 0 Å². The summed E-state index contributed by atoms with van der Waals surface area (Å²) >= 11 is 0. The lowest BCUT2D eigenvalue weighted by Crippen LogP contribution is -2.12. The molecular formula is C16H16FNO2. The fourth-order valence-electron chi connectivity index (χ4n) is 2.26. The zero-order valence-electron chi connectivity index (χ0n) is 11.4. The van der Waals surface area contributed by atoms with E-state index in [-0.39, 0.29) is 18.7 Å². The highest BCUT2D eigenvalue weighted by Gasteiger charge is 2.16. The van der Waals surface area contributed by atoms with Gasteiger partial charge in [0.25, 0.3) is 0 Å². The Balaban J connectivity index is 2.04. The van der Waals surface area contributed by atoms with Crippen molar-refractivity contribution < 1.29 is 13.9 Å². The molecule has 0 saturated carbocycles. The van der Waals surface area contributed by atoms with Crippen LogP contribution in [0, 0.1) is 5.82 Å². The predicted molar refractivity (Wildman–Crippen MR) is 75.4 cm³/mol. The summed E-state index contributed by atoms with van der Waals surface area (Å²) < 4.78 is 24.7. The van der Waals surface area contributed by atoms with Gasteiger partial charge in [-0.05, 0) is 49.4 Å². The molecule has 3 nitrogen and oxygen atoms in total. The standard InChI is InChI=1S/C16H16FNO2/c1-10(18-2)11-3-5-14(17)13(7-11)12-4-6-15-16(8-12)20-9-19-15/h3-8,10,18H,9H2,1-2H3. The zero-order valence-corrected chi connectivity index (χ0v) is 11.4. The summed E-state index contributed by atoms with van der Waals surface area (Å²) in [5, 5.41) is 3.15. The molecule has 1 N–H and O–H groups in total. The summed E-state index contributed by atoms with van der Waals surface area (Å²) in [5.41, 5.74) is 2.40. The van der Waals surface area contributed by atoms with Crippen LogP contribution >= 0.6 is 0 Å². The quantitative estimate of drug-likeness (QED) is 0.928. The van der Waals surface area contributed by atoms with Crippen LogP contribution in [-0.2, 0) is 0 Å². The molecule has 0 spiro atoms. The lowest BCUT2D eigenvalue weighted by molar-refractivity contribution is 0.174. The Kier molecular flexibility index (Phi) is 3.32. The van der Waals surface area contributed by atoms with Crippen molar-refractivity contribution in [3.8, 4) is 22.6 Å². The minimum Gasteiger partial charge on any atom is -0.454 e. The molecule has 2 aromatic carbocycles. The summed E-state index contributed by atoms with van der Waals surface area (Å²) in [6.45, 7) is 2.26. The Bertz CT molecular complexity index is 642. The average molecular weight is 273 g/mol. The van der Waals surface area contributed by atoms with Gasteiger partial charge in [-0.15, -0.1) is 0 Å². The van der Waals surface area contributed by atoms with Gasteiger partial charge in [-0.3, -0.25) is 0 Å². The second-order valence-corrected chi connectivity index (χ2v) is 4.82. The zero-order chi connectivity index (χ0) is 14.1. The molecule has 0 bridgehead atoms. The normalized spacial score (nSPS) is 14.3. The van der Waals surface area contributed by atoms with Crippen molar-refractivity contribution in [1.82, 2.24) is 5.32 Å². The minimum absolute atomic E-state index is 0.170. The van der Waals surface area contributed by atoms with Crippen molar-refractivity contribution in [3.05, 3.63) is 47.8 Å². The van der Waals surface area contributed by atoms with Gasteiger partial charge < -0.3 is 14.8 Å². The smallest absolute Gasteiger partial charge is 0.231 e. The maximum Gasteiger partial charge on any atom is 0.231 e. The summed E-state index contributed by atoms with van der Waals surface area (Å²) in [6.07, 6.45) is 0. The molecule has 0 fully saturated rings. The van der Waals surface area contributed by atoms with Crippen LogP contribution in [0.25, 0.3) is 11.1 Å². The Hall–Kier alpha value is -2.07. The number of ether oxygens (including phenoxy) is 2. The molecule has 1 aliphatic rings. The fourth-order valence-corrected chi connectivity index (χ4v) is 2.26. The third-order valence-corrected chi connectivity index (χ3v) is 3.61. The first kappa shape index (κ1) is 12.9. The summed E-state index contributed by atoms with van der Waals surface area (Å²) in [5.74, 6) is 1.12. The van der Waals surface area contributed by atoms with Crippen molar-refractivity contribution in [2.45, 2.75) is 13.0 Å². The highest BCUT2D eigenvalue weighted by atomic mass is 19.1. The fraction of sp³-hybridized carbons (Fsp3) is 0.250. The maximum atomic E-state index is 14.1. The van der Waals surface area contributed by atoms with Crippen molar-refractivity contribution in [2.24, 2.45) is 0 Å². The van der Waals surface area contributed by atoms with Crippen LogP contribution in [-0.4, -0.2) is 13.8 Å². The maximum absolute atomic E-state index is 14.1. The lowest BCUT2D eigenvalue weighted by Gasteiger charge is -2.13. The van der Waals surface area contributed by atoms with Crippen LogP contribution in [0.1, 0.15) is 18.5 Å². The van der Waals surface area contributed by atoms with Crippen LogP contribution in [0.4, 0.5) is 4.39 Å². The van der Waals surface area contributed by atoms with Gasteiger partial charge in [0.2, 0.25) is 6.79 Å². The molecule has 0 radical (unpaired) electrons. The molecule has 0 saturated heterocycles. The Labute approximate surface area is 117 Å². The number of rotatable bonds is 3. The van der Waals surface area contributed by atoms with Gasteiger partial charge in [-0.25, -0.2) is 4.39 Å². The second-order valence-electron chi connectivity index (χ2n) is 4.82. The minimum atomic E-state index is -0.240. The molecule has 0 aliphatic carbocycles. The van der Waals surface area contributed by atoms with E-state index in [1.165, 1.54) is 6.07 Å². The number of halogens is 1. The van der Waals surface area contributed by atoms with E-state index < -0.39 is 0 Å². The number of benzene rings is 2. The Morgan fingerprint density at radius 1 is 1.10 bits per heavy atom. The number of fused-ring (bicyclic) bond motifs is 1. The van der Waals surface area contributed by atoms with E-state index in [2.05, 4.69) is 5.32 Å². The van der Waals surface area contributed by atoms with Crippen LogP contribution in [0.15, 0.2) is 36.4 Å². The molecule has 2 aromatic rings. The molecule has 3 rings (SSSR count). The molecule has 1 aliphatic heterocycles. The third kappa shape index (κ3) is 2.23. The molecule has 4 heteroatoms. The first-order valence-electron chi connectivity index (χ1n) is 6.56. The van der Waals surface area contributed by atoms with Gasteiger partial charge in [0.15, 0.2) is 11.5 Å². The molecule has 20 heavy (non-hydrogen) atoms.